The Hall–Kier alpha value is -2.99. The molecule has 0 bridgehead atoms. The molecule has 5 nitrogen and oxygen atoms in total. The second-order valence-electron chi connectivity index (χ2n) is 5.47. The van der Waals surface area contributed by atoms with E-state index in [1.807, 2.05) is 30.3 Å². The molecule has 0 aliphatic carbocycles. The van der Waals surface area contributed by atoms with Gasteiger partial charge in [0, 0.05) is 12.6 Å². The van der Waals surface area contributed by atoms with Gasteiger partial charge in [0.2, 0.25) is 5.88 Å². The number of para-hydroxylation sites is 1. The lowest BCUT2D eigenvalue weighted by Gasteiger charge is -2.10. The van der Waals surface area contributed by atoms with Crippen LogP contribution in [0.15, 0.2) is 66.7 Å². The van der Waals surface area contributed by atoms with Crippen molar-refractivity contribution in [1.29, 1.82) is 0 Å². The summed E-state index contributed by atoms with van der Waals surface area (Å²) in [6, 6.07) is 21.2. The first-order valence-electron chi connectivity index (χ1n) is 7.86. The zero-order chi connectivity index (χ0) is 17.5. The largest absolute Gasteiger partial charge is 0.438 e. The average molecular weight is 350 g/mol. The molecular formula is C19H18N4OS. The molecule has 126 valence electrons. The fourth-order valence-corrected chi connectivity index (χ4v) is 2.28. The number of anilines is 1. The van der Waals surface area contributed by atoms with Crippen molar-refractivity contribution >= 4 is 23.1 Å². The molecule has 25 heavy (non-hydrogen) atoms. The number of hydrogen-bond donors (Lipinski definition) is 2. The van der Waals surface area contributed by atoms with Crippen molar-refractivity contribution in [2.45, 2.75) is 13.5 Å². The number of nitrogens with one attached hydrogen (secondary N) is 2. The van der Waals surface area contributed by atoms with E-state index in [-0.39, 0.29) is 0 Å². The lowest BCUT2D eigenvalue weighted by Crippen LogP contribution is -2.28. The average Bonchev–Trinajstić information content (AvgIpc) is 2.64. The van der Waals surface area contributed by atoms with Crippen molar-refractivity contribution in [2.75, 3.05) is 5.32 Å². The van der Waals surface area contributed by atoms with Crippen LogP contribution in [0, 0.1) is 6.92 Å². The lowest BCUT2D eigenvalue weighted by molar-refractivity contribution is 0.455. The molecule has 0 aliphatic heterocycles. The van der Waals surface area contributed by atoms with E-state index in [0.29, 0.717) is 29.1 Å². The van der Waals surface area contributed by atoms with Crippen LogP contribution in [-0.2, 0) is 6.54 Å². The number of hydrogen-bond acceptors (Lipinski definition) is 4. The maximum Gasteiger partial charge on any atom is 0.238 e. The number of nitrogens with zero attached hydrogens (tertiary/aromatic N) is 2. The molecule has 0 aliphatic rings. The van der Waals surface area contributed by atoms with E-state index in [1.54, 1.807) is 12.1 Å². The predicted molar refractivity (Wildman–Crippen MR) is 103 cm³/mol. The van der Waals surface area contributed by atoms with E-state index in [4.69, 9.17) is 17.0 Å². The summed E-state index contributed by atoms with van der Waals surface area (Å²) < 4.78 is 5.60. The minimum Gasteiger partial charge on any atom is -0.438 e. The molecule has 0 spiro atoms. The zero-order valence-electron chi connectivity index (χ0n) is 13.8. The number of thiocarbonyl (C=S) groups is 1. The molecule has 0 atom stereocenters. The second kappa shape index (κ2) is 8.21. The molecular weight excluding hydrogens is 332 g/mol. The van der Waals surface area contributed by atoms with Gasteiger partial charge in [0.15, 0.2) is 10.9 Å². The Balaban J connectivity index is 1.50. The van der Waals surface area contributed by atoms with Gasteiger partial charge in [0.25, 0.3) is 0 Å². The van der Waals surface area contributed by atoms with Gasteiger partial charge < -0.3 is 15.4 Å². The van der Waals surface area contributed by atoms with E-state index < -0.39 is 0 Å². The Labute approximate surface area is 152 Å². The number of rotatable bonds is 5. The van der Waals surface area contributed by atoms with Crippen molar-refractivity contribution in [2.24, 2.45) is 0 Å². The maximum absolute atomic E-state index is 5.60. The van der Waals surface area contributed by atoms with Gasteiger partial charge in [-0.15, -0.1) is 10.2 Å². The SMILES string of the molecule is Cc1ccc(CNC(=S)Nc2ccc(Oc3ccccc3)nn2)cc1. The van der Waals surface area contributed by atoms with Crippen LogP contribution < -0.4 is 15.4 Å². The van der Waals surface area contributed by atoms with Crippen LogP contribution in [0.2, 0.25) is 0 Å². The molecule has 0 saturated heterocycles. The third kappa shape index (κ3) is 5.26. The summed E-state index contributed by atoms with van der Waals surface area (Å²) in [5.41, 5.74) is 2.39. The highest BCUT2D eigenvalue weighted by Gasteiger charge is 2.03. The molecule has 0 amide bonds. The smallest absolute Gasteiger partial charge is 0.238 e. The van der Waals surface area contributed by atoms with Crippen molar-refractivity contribution in [1.82, 2.24) is 15.5 Å². The standard InChI is InChI=1S/C19H18N4OS/c1-14-7-9-15(10-8-14)13-20-19(25)21-17-11-12-18(23-22-17)24-16-5-3-2-4-6-16/h2-12H,13H2,1H3,(H2,20,21,22,25). The first kappa shape index (κ1) is 16.9. The van der Waals surface area contributed by atoms with Crippen LogP contribution in [-0.4, -0.2) is 15.3 Å². The Kier molecular flexibility index (Phi) is 5.53. The van der Waals surface area contributed by atoms with Crippen molar-refractivity contribution in [3.63, 3.8) is 0 Å². The molecule has 0 saturated carbocycles. The number of aryl methyl sites for hydroxylation is 1. The molecule has 0 radical (unpaired) electrons. The summed E-state index contributed by atoms with van der Waals surface area (Å²) >= 11 is 5.28. The van der Waals surface area contributed by atoms with Gasteiger partial charge in [-0.3, -0.25) is 0 Å². The van der Waals surface area contributed by atoms with Crippen LogP contribution in [0.1, 0.15) is 11.1 Å². The normalized spacial score (nSPS) is 10.1. The molecule has 0 unspecified atom stereocenters. The number of ether oxygens (including phenoxy) is 1. The Bertz CT molecular complexity index is 820. The highest BCUT2D eigenvalue weighted by molar-refractivity contribution is 7.80. The summed E-state index contributed by atoms with van der Waals surface area (Å²) in [5.74, 6) is 1.70. The zero-order valence-corrected chi connectivity index (χ0v) is 14.6. The van der Waals surface area contributed by atoms with E-state index in [0.717, 1.165) is 5.56 Å². The monoisotopic (exact) mass is 350 g/mol. The molecule has 1 heterocycles. The molecule has 3 aromatic rings. The van der Waals surface area contributed by atoms with E-state index in [1.165, 1.54) is 5.56 Å². The fourth-order valence-electron chi connectivity index (χ4n) is 2.10. The van der Waals surface area contributed by atoms with Crippen LogP contribution in [0.5, 0.6) is 11.6 Å². The van der Waals surface area contributed by atoms with Crippen LogP contribution >= 0.6 is 12.2 Å². The van der Waals surface area contributed by atoms with Crippen LogP contribution in [0.3, 0.4) is 0 Å². The third-order valence-electron chi connectivity index (χ3n) is 3.42. The summed E-state index contributed by atoms with van der Waals surface area (Å²) in [6.07, 6.45) is 0. The fraction of sp³-hybridized carbons (Fsp3) is 0.105. The minimum absolute atomic E-state index is 0.426. The van der Waals surface area contributed by atoms with E-state index >= 15 is 0 Å². The predicted octanol–water partition coefficient (Wildman–Crippen LogP) is 4.06. The second-order valence-corrected chi connectivity index (χ2v) is 5.87. The third-order valence-corrected chi connectivity index (χ3v) is 3.67. The van der Waals surface area contributed by atoms with Gasteiger partial charge >= 0.3 is 0 Å². The summed E-state index contributed by atoms with van der Waals surface area (Å²) in [5, 5.41) is 14.7. The first-order chi connectivity index (χ1) is 12.2. The van der Waals surface area contributed by atoms with Gasteiger partial charge in [-0.2, -0.15) is 0 Å². The van der Waals surface area contributed by atoms with Gasteiger partial charge in [-0.25, -0.2) is 0 Å². The quantitative estimate of drug-likeness (QED) is 0.677. The summed E-state index contributed by atoms with van der Waals surface area (Å²) in [4.78, 5) is 0. The maximum atomic E-state index is 5.60. The lowest BCUT2D eigenvalue weighted by atomic mass is 10.1. The summed E-state index contributed by atoms with van der Waals surface area (Å²) in [7, 11) is 0. The minimum atomic E-state index is 0.426. The van der Waals surface area contributed by atoms with Gasteiger partial charge in [0.05, 0.1) is 0 Å². The molecule has 2 aromatic carbocycles. The van der Waals surface area contributed by atoms with Crippen molar-refractivity contribution in [3.05, 3.63) is 77.9 Å². The molecule has 0 fully saturated rings. The van der Waals surface area contributed by atoms with Crippen molar-refractivity contribution < 1.29 is 4.74 Å². The highest BCUT2D eigenvalue weighted by atomic mass is 32.1. The van der Waals surface area contributed by atoms with E-state index in [9.17, 15) is 0 Å². The molecule has 3 rings (SSSR count). The molecule has 6 heteroatoms. The number of aromatic nitrogens is 2. The van der Waals surface area contributed by atoms with Crippen molar-refractivity contribution in [3.8, 4) is 11.6 Å². The Morgan fingerprint density at radius 3 is 2.40 bits per heavy atom. The topological polar surface area (TPSA) is 59.1 Å². The van der Waals surface area contributed by atoms with Crippen LogP contribution in [0.4, 0.5) is 5.82 Å². The highest BCUT2D eigenvalue weighted by Crippen LogP contribution is 2.18. The Morgan fingerprint density at radius 1 is 0.960 bits per heavy atom. The molecule has 1 aromatic heterocycles. The van der Waals surface area contributed by atoms with E-state index in [2.05, 4.69) is 52.0 Å². The first-order valence-corrected chi connectivity index (χ1v) is 8.27. The van der Waals surface area contributed by atoms with Gasteiger partial charge in [-0.05, 0) is 42.9 Å². The summed E-state index contributed by atoms with van der Waals surface area (Å²) in [6.45, 7) is 2.71. The number of benzene rings is 2. The van der Waals surface area contributed by atoms with Crippen LogP contribution in [0.25, 0.3) is 0 Å². The van der Waals surface area contributed by atoms with Gasteiger partial charge in [0.1, 0.15) is 5.75 Å². The Morgan fingerprint density at radius 2 is 1.72 bits per heavy atom. The molecule has 2 N–H and O–H groups in total. The van der Waals surface area contributed by atoms with Gasteiger partial charge in [-0.1, -0.05) is 48.0 Å².